The second kappa shape index (κ2) is 11.1. The largest absolute Gasteiger partial charge is 0.315 e. The van der Waals surface area contributed by atoms with Crippen molar-refractivity contribution in [1.82, 2.24) is 10.2 Å². The molecule has 0 heterocycles. The predicted molar refractivity (Wildman–Crippen MR) is 116 cm³/mol. The fourth-order valence-corrected chi connectivity index (χ4v) is 4.35. The predicted octanol–water partition coefficient (Wildman–Crippen LogP) is 5.23. The lowest BCUT2D eigenvalue weighted by atomic mass is 9.88. The average Bonchev–Trinajstić information content (AvgIpc) is 3.26. The Kier molecular flexibility index (Phi) is 8.13. The topological polar surface area (TPSA) is 15.3 Å². The molecular formula is C25H34N2. The van der Waals surface area contributed by atoms with E-state index in [9.17, 15) is 0 Å². The van der Waals surface area contributed by atoms with Crippen molar-refractivity contribution in [2.75, 3.05) is 26.2 Å². The van der Waals surface area contributed by atoms with Crippen molar-refractivity contribution in [3.05, 3.63) is 84.4 Å². The van der Waals surface area contributed by atoms with Gasteiger partial charge in [-0.05, 0) is 36.9 Å². The van der Waals surface area contributed by atoms with Gasteiger partial charge in [0.05, 0.1) is 0 Å². The van der Waals surface area contributed by atoms with E-state index < -0.39 is 0 Å². The van der Waals surface area contributed by atoms with Crippen molar-refractivity contribution in [3.8, 4) is 0 Å². The van der Waals surface area contributed by atoms with Gasteiger partial charge < -0.3 is 5.32 Å². The molecule has 2 heteroatoms. The fraction of sp³-hybridized carbons (Fsp3) is 0.440. The number of hydrogen-bond donors (Lipinski definition) is 1. The number of hydrogen-bond acceptors (Lipinski definition) is 2. The van der Waals surface area contributed by atoms with Gasteiger partial charge in [-0.2, -0.15) is 0 Å². The minimum Gasteiger partial charge on any atom is -0.315 e. The van der Waals surface area contributed by atoms with Crippen molar-refractivity contribution >= 4 is 0 Å². The molecule has 2 aromatic carbocycles. The van der Waals surface area contributed by atoms with E-state index in [0.717, 1.165) is 38.6 Å². The van der Waals surface area contributed by atoms with Crippen LogP contribution in [0.15, 0.2) is 73.3 Å². The molecule has 0 aromatic heterocycles. The van der Waals surface area contributed by atoms with Crippen LogP contribution in [-0.2, 0) is 0 Å². The first kappa shape index (κ1) is 19.9. The lowest BCUT2D eigenvalue weighted by Gasteiger charge is -2.27. The third-order valence-electron chi connectivity index (χ3n) is 5.79. The van der Waals surface area contributed by atoms with Gasteiger partial charge in [0.15, 0.2) is 0 Å². The highest BCUT2D eigenvalue weighted by Gasteiger charge is 2.21. The summed E-state index contributed by atoms with van der Waals surface area (Å²) in [5, 5.41) is 3.69. The molecule has 1 N–H and O–H groups in total. The van der Waals surface area contributed by atoms with Crippen LogP contribution in [0.1, 0.15) is 49.1 Å². The van der Waals surface area contributed by atoms with Crippen molar-refractivity contribution in [3.63, 3.8) is 0 Å². The van der Waals surface area contributed by atoms with Gasteiger partial charge in [0.25, 0.3) is 0 Å². The van der Waals surface area contributed by atoms with Crippen molar-refractivity contribution < 1.29 is 0 Å². The standard InChI is InChI=1S/C25H34N2/c1-2-20-27(24-15-9-10-16-24)21-19-26-18-17-25(22-11-5-3-6-12-22)23-13-7-4-8-14-23/h2-8,11-14,24-26H,1,9-10,15-21H2. The Morgan fingerprint density at radius 2 is 1.52 bits per heavy atom. The average molecular weight is 363 g/mol. The number of benzene rings is 2. The van der Waals surface area contributed by atoms with Gasteiger partial charge in [0.1, 0.15) is 0 Å². The zero-order valence-corrected chi connectivity index (χ0v) is 16.5. The minimum absolute atomic E-state index is 0.457. The Morgan fingerprint density at radius 3 is 2.07 bits per heavy atom. The molecule has 0 aliphatic heterocycles. The van der Waals surface area contributed by atoms with E-state index >= 15 is 0 Å². The molecule has 0 bridgehead atoms. The van der Waals surface area contributed by atoms with Crippen LogP contribution < -0.4 is 5.32 Å². The molecular weight excluding hydrogens is 328 g/mol. The minimum atomic E-state index is 0.457. The van der Waals surface area contributed by atoms with Crippen LogP contribution in [0.3, 0.4) is 0 Å². The third kappa shape index (κ3) is 6.05. The second-order valence-electron chi connectivity index (χ2n) is 7.63. The van der Waals surface area contributed by atoms with Crippen LogP contribution in [-0.4, -0.2) is 37.1 Å². The monoisotopic (exact) mass is 362 g/mol. The molecule has 0 spiro atoms. The summed E-state index contributed by atoms with van der Waals surface area (Å²) in [5.74, 6) is 0.457. The van der Waals surface area contributed by atoms with Crippen LogP contribution in [0.25, 0.3) is 0 Å². The van der Waals surface area contributed by atoms with E-state index in [0.29, 0.717) is 5.92 Å². The van der Waals surface area contributed by atoms with Crippen LogP contribution in [0.4, 0.5) is 0 Å². The van der Waals surface area contributed by atoms with Crippen LogP contribution in [0, 0.1) is 0 Å². The van der Waals surface area contributed by atoms with Gasteiger partial charge in [-0.15, -0.1) is 6.58 Å². The Morgan fingerprint density at radius 1 is 0.926 bits per heavy atom. The zero-order valence-electron chi connectivity index (χ0n) is 16.5. The first-order valence-electron chi connectivity index (χ1n) is 10.5. The first-order chi connectivity index (χ1) is 13.4. The highest BCUT2D eigenvalue weighted by molar-refractivity contribution is 5.32. The summed E-state index contributed by atoms with van der Waals surface area (Å²) in [5.41, 5.74) is 2.81. The maximum Gasteiger partial charge on any atom is 0.0164 e. The zero-order chi connectivity index (χ0) is 18.7. The molecule has 0 saturated heterocycles. The highest BCUT2D eigenvalue weighted by Crippen LogP contribution is 2.27. The molecule has 0 atom stereocenters. The van der Waals surface area contributed by atoms with Gasteiger partial charge in [-0.1, -0.05) is 79.6 Å². The van der Waals surface area contributed by atoms with Gasteiger partial charge in [-0.25, -0.2) is 0 Å². The number of nitrogens with zero attached hydrogens (tertiary/aromatic N) is 1. The normalized spacial score (nSPS) is 14.9. The maximum atomic E-state index is 3.94. The molecule has 3 rings (SSSR count). The Balaban J connectivity index is 1.50. The van der Waals surface area contributed by atoms with Gasteiger partial charge in [0, 0.05) is 31.6 Å². The molecule has 2 aromatic rings. The lowest BCUT2D eigenvalue weighted by Crippen LogP contribution is -2.39. The summed E-state index contributed by atoms with van der Waals surface area (Å²) in [6.45, 7) is 8.18. The molecule has 1 aliphatic rings. The van der Waals surface area contributed by atoms with E-state index in [1.54, 1.807) is 0 Å². The van der Waals surface area contributed by atoms with E-state index in [1.807, 2.05) is 0 Å². The van der Waals surface area contributed by atoms with Crippen LogP contribution >= 0.6 is 0 Å². The Hall–Kier alpha value is -1.90. The molecule has 144 valence electrons. The summed E-state index contributed by atoms with van der Waals surface area (Å²) in [6.07, 6.45) is 8.68. The summed E-state index contributed by atoms with van der Waals surface area (Å²) in [4.78, 5) is 2.61. The van der Waals surface area contributed by atoms with E-state index in [-0.39, 0.29) is 0 Å². The number of rotatable bonds is 11. The molecule has 0 unspecified atom stereocenters. The lowest BCUT2D eigenvalue weighted by molar-refractivity contribution is 0.220. The van der Waals surface area contributed by atoms with E-state index in [4.69, 9.17) is 0 Å². The SMILES string of the molecule is C=CCN(CCNCCC(c1ccccc1)c1ccccc1)C1CCCC1. The van der Waals surface area contributed by atoms with Crippen molar-refractivity contribution in [2.45, 2.75) is 44.1 Å². The molecule has 27 heavy (non-hydrogen) atoms. The molecule has 0 amide bonds. The summed E-state index contributed by atoms with van der Waals surface area (Å²) in [6, 6.07) is 22.6. The molecule has 1 aliphatic carbocycles. The van der Waals surface area contributed by atoms with Crippen LogP contribution in [0.2, 0.25) is 0 Å². The van der Waals surface area contributed by atoms with Gasteiger partial charge >= 0.3 is 0 Å². The molecule has 1 fully saturated rings. The summed E-state index contributed by atoms with van der Waals surface area (Å²) in [7, 11) is 0. The van der Waals surface area contributed by atoms with Gasteiger partial charge in [-0.3, -0.25) is 4.90 Å². The Bertz CT molecular complexity index is 607. The summed E-state index contributed by atoms with van der Waals surface area (Å²) < 4.78 is 0. The van der Waals surface area contributed by atoms with Crippen molar-refractivity contribution in [1.29, 1.82) is 0 Å². The molecule has 2 nitrogen and oxygen atoms in total. The smallest absolute Gasteiger partial charge is 0.0164 e. The Labute approximate surface area is 165 Å². The first-order valence-corrected chi connectivity index (χ1v) is 10.5. The van der Waals surface area contributed by atoms with Gasteiger partial charge in [0.2, 0.25) is 0 Å². The van der Waals surface area contributed by atoms with Crippen LogP contribution in [0.5, 0.6) is 0 Å². The fourth-order valence-electron chi connectivity index (χ4n) is 4.35. The quantitative estimate of drug-likeness (QED) is 0.435. The van der Waals surface area contributed by atoms with E-state index in [1.165, 1.54) is 36.8 Å². The number of nitrogens with one attached hydrogen (secondary N) is 1. The molecule has 1 saturated carbocycles. The van der Waals surface area contributed by atoms with Crippen molar-refractivity contribution in [2.24, 2.45) is 0 Å². The summed E-state index contributed by atoms with van der Waals surface area (Å²) >= 11 is 0. The highest BCUT2D eigenvalue weighted by atomic mass is 15.2. The third-order valence-corrected chi connectivity index (χ3v) is 5.79. The second-order valence-corrected chi connectivity index (χ2v) is 7.63. The van der Waals surface area contributed by atoms with E-state index in [2.05, 4.69) is 83.5 Å². The maximum absolute atomic E-state index is 3.94. The molecule has 0 radical (unpaired) electrons.